The molecule has 84 valence electrons. The number of Topliss-reactive ketones (excluding diaryl/α,β-unsaturated/α-hetero) is 1. The molecule has 2 rings (SSSR count). The summed E-state index contributed by atoms with van der Waals surface area (Å²) >= 11 is 0. The molecule has 0 heterocycles. The lowest BCUT2D eigenvalue weighted by Gasteiger charge is -2.16. The summed E-state index contributed by atoms with van der Waals surface area (Å²) in [7, 11) is 0. The van der Waals surface area contributed by atoms with E-state index in [2.05, 4.69) is 5.32 Å². The molecule has 0 saturated heterocycles. The molecule has 0 unspecified atom stereocenters. The minimum atomic E-state index is -0.166. The third-order valence-electron chi connectivity index (χ3n) is 3.01. The molecular weight excluding hydrogens is 202 g/mol. The Morgan fingerprint density at radius 1 is 1.12 bits per heavy atom. The summed E-state index contributed by atoms with van der Waals surface area (Å²) in [6.45, 7) is 3.08. The van der Waals surface area contributed by atoms with Gasteiger partial charge in [-0.25, -0.2) is 0 Å². The Kier molecular flexibility index (Phi) is 2.54. The summed E-state index contributed by atoms with van der Waals surface area (Å²) in [5.74, 6) is 0.0593. The van der Waals surface area contributed by atoms with Crippen LogP contribution in [0.1, 0.15) is 42.6 Å². The molecule has 0 spiro atoms. The van der Waals surface area contributed by atoms with Crippen molar-refractivity contribution in [3.05, 3.63) is 35.4 Å². The van der Waals surface area contributed by atoms with Crippen LogP contribution in [0.25, 0.3) is 0 Å². The maximum Gasteiger partial charge on any atom is 0.217 e. The van der Waals surface area contributed by atoms with Crippen LogP contribution in [0, 0.1) is 0 Å². The number of benzene rings is 1. The number of hydrogen-bond acceptors (Lipinski definition) is 2. The van der Waals surface area contributed by atoms with Gasteiger partial charge >= 0.3 is 0 Å². The highest BCUT2D eigenvalue weighted by atomic mass is 16.1. The lowest BCUT2D eigenvalue weighted by Crippen LogP contribution is -2.32. The summed E-state index contributed by atoms with van der Waals surface area (Å²) in [6.07, 6.45) is 1.96. The number of ketones is 1. The first-order valence-corrected chi connectivity index (χ1v) is 5.44. The van der Waals surface area contributed by atoms with Gasteiger partial charge in [0.15, 0.2) is 5.78 Å². The van der Waals surface area contributed by atoms with E-state index in [1.807, 2.05) is 24.3 Å². The van der Waals surface area contributed by atoms with Gasteiger partial charge in [-0.15, -0.1) is 0 Å². The smallest absolute Gasteiger partial charge is 0.217 e. The quantitative estimate of drug-likeness (QED) is 0.787. The van der Waals surface area contributed by atoms with Crippen LogP contribution in [-0.4, -0.2) is 11.7 Å². The molecule has 1 aliphatic carbocycles. The predicted octanol–water partition coefficient (Wildman–Crippen LogP) is 2.01. The Balaban J connectivity index is 2.22. The molecule has 0 radical (unpaired) electrons. The second kappa shape index (κ2) is 3.74. The van der Waals surface area contributed by atoms with Crippen LogP contribution in [0.2, 0.25) is 0 Å². The number of carbonyl (C=O) groups excluding carboxylic acids is 2. The molecule has 0 aliphatic heterocycles. The SMILES string of the molecule is CC(=O)NC1(c2ccc(C(C)=O)cc2)CC1. The largest absolute Gasteiger partial charge is 0.347 e. The van der Waals surface area contributed by atoms with Crippen molar-refractivity contribution in [2.75, 3.05) is 0 Å². The van der Waals surface area contributed by atoms with E-state index in [4.69, 9.17) is 0 Å². The highest BCUT2D eigenvalue weighted by Gasteiger charge is 2.44. The molecular formula is C13H15NO2. The van der Waals surface area contributed by atoms with Gasteiger partial charge in [-0.05, 0) is 25.3 Å². The third-order valence-corrected chi connectivity index (χ3v) is 3.01. The zero-order valence-electron chi connectivity index (χ0n) is 9.54. The Hall–Kier alpha value is -1.64. The Bertz CT molecular complexity index is 430. The van der Waals surface area contributed by atoms with Gasteiger partial charge in [0.2, 0.25) is 5.91 Å². The van der Waals surface area contributed by atoms with E-state index in [-0.39, 0.29) is 17.2 Å². The third kappa shape index (κ3) is 1.98. The Morgan fingerprint density at radius 2 is 1.69 bits per heavy atom. The molecule has 3 heteroatoms. The highest BCUT2D eigenvalue weighted by molar-refractivity contribution is 5.94. The van der Waals surface area contributed by atoms with Crippen LogP contribution in [0.4, 0.5) is 0 Å². The molecule has 0 atom stereocenters. The van der Waals surface area contributed by atoms with Crippen LogP contribution in [0.15, 0.2) is 24.3 Å². The number of nitrogens with one attached hydrogen (secondary N) is 1. The fourth-order valence-electron chi connectivity index (χ4n) is 1.97. The molecule has 1 fully saturated rings. The Labute approximate surface area is 94.9 Å². The number of rotatable bonds is 3. The van der Waals surface area contributed by atoms with Gasteiger partial charge in [-0.3, -0.25) is 9.59 Å². The van der Waals surface area contributed by atoms with Crippen LogP contribution < -0.4 is 5.32 Å². The van der Waals surface area contributed by atoms with Crippen LogP contribution in [0.5, 0.6) is 0 Å². The first-order valence-electron chi connectivity index (χ1n) is 5.44. The van der Waals surface area contributed by atoms with Gasteiger partial charge in [0.1, 0.15) is 0 Å². The molecule has 1 amide bonds. The molecule has 1 aliphatic rings. The van der Waals surface area contributed by atoms with Crippen LogP contribution in [-0.2, 0) is 10.3 Å². The van der Waals surface area contributed by atoms with Crippen molar-refractivity contribution in [2.24, 2.45) is 0 Å². The fourth-order valence-corrected chi connectivity index (χ4v) is 1.97. The van der Waals surface area contributed by atoms with Crippen molar-refractivity contribution in [2.45, 2.75) is 32.2 Å². The topological polar surface area (TPSA) is 46.2 Å². The monoisotopic (exact) mass is 217 g/mol. The first kappa shape index (κ1) is 10.9. The second-order valence-electron chi connectivity index (χ2n) is 4.40. The summed E-state index contributed by atoms with van der Waals surface area (Å²) in [5, 5.41) is 2.97. The molecule has 1 aromatic rings. The average Bonchev–Trinajstić information content (AvgIpc) is 2.98. The van der Waals surface area contributed by atoms with Crippen molar-refractivity contribution >= 4 is 11.7 Å². The van der Waals surface area contributed by atoms with Gasteiger partial charge in [-0.2, -0.15) is 0 Å². The molecule has 3 nitrogen and oxygen atoms in total. The number of hydrogen-bond donors (Lipinski definition) is 1. The van der Waals surface area contributed by atoms with Gasteiger partial charge < -0.3 is 5.32 Å². The first-order chi connectivity index (χ1) is 7.53. The van der Waals surface area contributed by atoms with E-state index in [0.717, 1.165) is 18.4 Å². The van der Waals surface area contributed by atoms with Crippen LogP contribution >= 0.6 is 0 Å². The van der Waals surface area contributed by atoms with Crippen molar-refractivity contribution in [3.8, 4) is 0 Å². The summed E-state index contributed by atoms with van der Waals surface area (Å²) in [6, 6.07) is 7.50. The van der Waals surface area contributed by atoms with Gasteiger partial charge in [-0.1, -0.05) is 24.3 Å². The molecule has 0 aromatic heterocycles. The minimum absolute atomic E-state index is 0.00635. The standard InChI is InChI=1S/C13H15NO2/c1-9(15)11-3-5-12(6-4-11)13(7-8-13)14-10(2)16/h3-6H,7-8H2,1-2H3,(H,14,16). The fraction of sp³-hybridized carbons (Fsp3) is 0.385. The molecule has 1 saturated carbocycles. The van der Waals surface area contributed by atoms with E-state index in [0.29, 0.717) is 5.56 Å². The second-order valence-corrected chi connectivity index (χ2v) is 4.40. The summed E-state index contributed by atoms with van der Waals surface area (Å²) < 4.78 is 0. The molecule has 16 heavy (non-hydrogen) atoms. The van der Waals surface area contributed by atoms with Crippen molar-refractivity contribution < 1.29 is 9.59 Å². The molecule has 1 N–H and O–H groups in total. The van der Waals surface area contributed by atoms with E-state index < -0.39 is 0 Å². The normalized spacial score (nSPS) is 16.6. The molecule has 0 bridgehead atoms. The van der Waals surface area contributed by atoms with Crippen molar-refractivity contribution in [3.63, 3.8) is 0 Å². The van der Waals surface area contributed by atoms with Gasteiger partial charge in [0.25, 0.3) is 0 Å². The predicted molar refractivity (Wildman–Crippen MR) is 61.2 cm³/mol. The minimum Gasteiger partial charge on any atom is -0.347 e. The van der Waals surface area contributed by atoms with Gasteiger partial charge in [0.05, 0.1) is 5.54 Å². The average molecular weight is 217 g/mol. The Morgan fingerprint density at radius 3 is 2.06 bits per heavy atom. The molecule has 1 aromatic carbocycles. The number of amides is 1. The zero-order valence-corrected chi connectivity index (χ0v) is 9.54. The van der Waals surface area contributed by atoms with E-state index >= 15 is 0 Å². The number of carbonyl (C=O) groups is 2. The van der Waals surface area contributed by atoms with E-state index in [1.165, 1.54) is 6.92 Å². The maximum atomic E-state index is 11.1. The zero-order chi connectivity index (χ0) is 11.8. The summed E-state index contributed by atoms with van der Waals surface area (Å²) in [5.41, 5.74) is 1.64. The summed E-state index contributed by atoms with van der Waals surface area (Å²) in [4.78, 5) is 22.2. The van der Waals surface area contributed by atoms with Crippen LogP contribution in [0.3, 0.4) is 0 Å². The maximum absolute atomic E-state index is 11.1. The van der Waals surface area contributed by atoms with E-state index in [9.17, 15) is 9.59 Å². The van der Waals surface area contributed by atoms with Crippen molar-refractivity contribution in [1.29, 1.82) is 0 Å². The highest BCUT2D eigenvalue weighted by Crippen LogP contribution is 2.45. The lowest BCUT2D eigenvalue weighted by molar-refractivity contribution is -0.120. The lowest BCUT2D eigenvalue weighted by atomic mass is 10.0. The van der Waals surface area contributed by atoms with Crippen molar-refractivity contribution in [1.82, 2.24) is 5.32 Å². The van der Waals surface area contributed by atoms with Gasteiger partial charge in [0, 0.05) is 12.5 Å². The van der Waals surface area contributed by atoms with E-state index in [1.54, 1.807) is 6.92 Å².